The summed E-state index contributed by atoms with van der Waals surface area (Å²) >= 11 is 0. The average Bonchev–Trinajstić information content (AvgIpc) is 3.47. The summed E-state index contributed by atoms with van der Waals surface area (Å²) in [7, 11) is 0. The zero-order valence-corrected chi connectivity index (χ0v) is 34.6. The van der Waals surface area contributed by atoms with Gasteiger partial charge in [0.1, 0.15) is 42.3 Å². The van der Waals surface area contributed by atoms with Gasteiger partial charge in [-0.25, -0.2) is 4.79 Å². The van der Waals surface area contributed by atoms with Gasteiger partial charge in [-0.2, -0.15) is 4.98 Å². The van der Waals surface area contributed by atoms with E-state index in [0.717, 1.165) is 36.4 Å². The van der Waals surface area contributed by atoms with Gasteiger partial charge in [-0.3, -0.25) is 38.3 Å². The summed E-state index contributed by atoms with van der Waals surface area (Å²) in [5, 5.41) is 51.3. The number of aromatic nitrogens is 2. The Bertz CT molecular complexity index is 1650. The molecule has 0 bridgehead atoms. The van der Waals surface area contributed by atoms with Crippen LogP contribution in [0.1, 0.15) is 110 Å². The highest BCUT2D eigenvalue weighted by atomic mass is 16.6. The number of guanidine groups is 1. The zero-order valence-electron chi connectivity index (χ0n) is 34.6. The Morgan fingerprint density at radius 1 is 0.867 bits per heavy atom. The second kappa shape index (κ2) is 26.8. The number of carboxylic acids is 1. The second-order valence-electron chi connectivity index (χ2n) is 15.0. The van der Waals surface area contributed by atoms with Crippen molar-refractivity contribution in [1.82, 2.24) is 30.8 Å². The fraction of sp³-hybridized carbons (Fsp3) is 0.711. The molecule has 22 nitrogen and oxygen atoms in total. The molecule has 1 aromatic rings. The summed E-state index contributed by atoms with van der Waals surface area (Å²) in [6.45, 7) is 4.19. The smallest absolute Gasteiger partial charge is 0.351 e. The predicted octanol–water partition coefficient (Wildman–Crippen LogP) is -1.53. The van der Waals surface area contributed by atoms with Crippen molar-refractivity contribution in [2.75, 3.05) is 25.0 Å². The van der Waals surface area contributed by atoms with Gasteiger partial charge in [0.05, 0.1) is 19.6 Å². The normalized spacial score (nSPS) is 18.8. The molecule has 1 aromatic heterocycles. The molecule has 1 aliphatic heterocycles. The number of aliphatic carboxylic acids is 1. The molecule has 2 rings (SSSR count). The highest BCUT2D eigenvalue weighted by Gasteiger charge is 2.44. The van der Waals surface area contributed by atoms with Gasteiger partial charge in [0.2, 0.25) is 29.5 Å². The van der Waals surface area contributed by atoms with Crippen molar-refractivity contribution in [1.29, 1.82) is 0 Å². The van der Waals surface area contributed by atoms with E-state index in [2.05, 4.69) is 43.5 Å². The SMILES string of the molecule is CCCCCCCCCCCC(=O)N[C@@H](CCCN=C(N)N)C(=O)NCC(=O)N[C@@H](CC(=O)O)C(=O)N[C@H](C(=O)Nc1ccn([C@@H]2O[C@H](CO)[C@@H](O)[C@@H]2O)c(=O)n1)C(C)C. The Morgan fingerprint density at radius 3 is 2.07 bits per heavy atom. The Morgan fingerprint density at radius 2 is 1.50 bits per heavy atom. The van der Waals surface area contributed by atoms with E-state index in [1.165, 1.54) is 31.7 Å². The van der Waals surface area contributed by atoms with Crippen LogP contribution in [0.5, 0.6) is 0 Å². The van der Waals surface area contributed by atoms with Crippen LogP contribution in [0, 0.1) is 5.92 Å². The summed E-state index contributed by atoms with van der Waals surface area (Å²) in [6.07, 6.45) is 4.95. The number of amides is 5. The number of anilines is 1. The molecule has 0 radical (unpaired) electrons. The summed E-state index contributed by atoms with van der Waals surface area (Å²) in [5.74, 6) is -6.33. The van der Waals surface area contributed by atoms with Gasteiger partial charge in [0.15, 0.2) is 12.2 Å². The molecule has 0 aliphatic carbocycles. The third-order valence-corrected chi connectivity index (χ3v) is 9.68. The fourth-order valence-electron chi connectivity index (χ4n) is 6.33. The number of unbranched alkanes of at least 4 members (excludes halogenated alkanes) is 8. The topological polar surface area (TPSA) is 352 Å². The lowest BCUT2D eigenvalue weighted by Gasteiger charge is -2.25. The van der Waals surface area contributed by atoms with Crippen LogP contribution in [-0.4, -0.2) is 128 Å². The Labute approximate surface area is 348 Å². The highest BCUT2D eigenvalue weighted by Crippen LogP contribution is 2.28. The molecular formula is C38H64N10O12. The van der Waals surface area contributed by atoms with Crippen LogP contribution in [0.4, 0.5) is 5.82 Å². The fourth-order valence-corrected chi connectivity index (χ4v) is 6.33. The molecule has 1 saturated heterocycles. The van der Waals surface area contributed by atoms with Gasteiger partial charge in [0, 0.05) is 19.2 Å². The molecule has 60 heavy (non-hydrogen) atoms. The molecule has 0 spiro atoms. The van der Waals surface area contributed by atoms with Crippen molar-refractivity contribution in [2.45, 2.75) is 147 Å². The van der Waals surface area contributed by atoms with Gasteiger partial charge >= 0.3 is 11.7 Å². The molecule has 1 fully saturated rings. The monoisotopic (exact) mass is 852 g/mol. The third kappa shape index (κ3) is 18.0. The number of ether oxygens (including phenoxy) is 1. The highest BCUT2D eigenvalue weighted by molar-refractivity contribution is 5.99. The quantitative estimate of drug-likeness (QED) is 0.0259. The van der Waals surface area contributed by atoms with E-state index in [9.17, 15) is 54.0 Å². The van der Waals surface area contributed by atoms with Gasteiger partial charge in [-0.05, 0) is 31.2 Å². The van der Waals surface area contributed by atoms with E-state index in [1.54, 1.807) is 13.8 Å². The van der Waals surface area contributed by atoms with E-state index < -0.39 is 103 Å². The number of nitrogens with zero attached hydrogens (tertiary/aromatic N) is 3. The lowest BCUT2D eigenvalue weighted by Crippen LogP contribution is -2.56. The number of hydrogen-bond donors (Lipinski definition) is 11. The van der Waals surface area contributed by atoms with E-state index in [0.29, 0.717) is 12.8 Å². The molecular weight excluding hydrogens is 788 g/mol. The van der Waals surface area contributed by atoms with Gasteiger partial charge in [0.25, 0.3) is 0 Å². The first-order chi connectivity index (χ1) is 28.5. The van der Waals surface area contributed by atoms with Crippen LogP contribution in [0.25, 0.3) is 0 Å². The molecule has 7 atom stereocenters. The van der Waals surface area contributed by atoms with Crippen molar-refractivity contribution in [2.24, 2.45) is 22.4 Å². The van der Waals surface area contributed by atoms with Crippen molar-refractivity contribution in [3.05, 3.63) is 22.7 Å². The molecule has 0 unspecified atom stereocenters. The van der Waals surface area contributed by atoms with Crippen LogP contribution in [0.15, 0.2) is 22.1 Å². The van der Waals surface area contributed by atoms with E-state index in [4.69, 9.17) is 16.2 Å². The molecule has 1 aliphatic rings. The van der Waals surface area contributed by atoms with Gasteiger partial charge in [-0.15, -0.1) is 0 Å². The van der Waals surface area contributed by atoms with E-state index >= 15 is 0 Å². The largest absolute Gasteiger partial charge is 0.481 e. The van der Waals surface area contributed by atoms with Crippen molar-refractivity contribution in [3.63, 3.8) is 0 Å². The standard InChI is InChI=1S/C38H64N10O12/c1-4-5-6-7-8-9-10-11-12-15-27(50)43-23(14-13-17-41-37(39)40)33(56)42-20-28(51)44-24(19-29(52)53)34(57)47-30(22(2)3)35(58)45-26-16-18-48(38(59)46-26)36-32(55)31(54)25(21-49)60-36/h16,18,22-25,30-32,36,49,54-55H,4-15,17,19-21H2,1-3H3,(H,42,56)(H,43,50)(H,44,51)(H,47,57)(H,52,53)(H4,39,40,41)(H,45,46,58,59)/t23-,24-,25+,30-,31+,32-,36+/m0/s1. The minimum atomic E-state index is -1.69. The first-order valence-corrected chi connectivity index (χ1v) is 20.4. The minimum absolute atomic E-state index is 0.137. The number of aliphatic hydroxyl groups excluding tert-OH is 3. The number of aliphatic hydroxyl groups is 3. The maximum atomic E-state index is 13.3. The number of carbonyl (C=O) groups is 6. The Balaban J connectivity index is 2.01. The average molecular weight is 853 g/mol. The van der Waals surface area contributed by atoms with E-state index in [-0.39, 0.29) is 37.1 Å². The van der Waals surface area contributed by atoms with Crippen molar-refractivity contribution < 1.29 is 53.9 Å². The summed E-state index contributed by atoms with van der Waals surface area (Å²) in [4.78, 5) is 97.5. The van der Waals surface area contributed by atoms with Crippen LogP contribution in [-0.2, 0) is 33.5 Å². The molecule has 0 aromatic carbocycles. The van der Waals surface area contributed by atoms with Crippen molar-refractivity contribution in [3.8, 4) is 0 Å². The zero-order chi connectivity index (χ0) is 44.8. The number of nitrogens with two attached hydrogens (primary N) is 2. The molecule has 2 heterocycles. The first kappa shape index (κ1) is 51.0. The summed E-state index contributed by atoms with van der Waals surface area (Å²) in [5.41, 5.74) is 9.78. The maximum absolute atomic E-state index is 13.3. The first-order valence-electron chi connectivity index (χ1n) is 20.4. The number of hydrogen-bond acceptors (Lipinski definition) is 13. The van der Waals surface area contributed by atoms with Crippen molar-refractivity contribution >= 4 is 47.3 Å². The van der Waals surface area contributed by atoms with Crippen LogP contribution in [0.3, 0.4) is 0 Å². The summed E-state index contributed by atoms with van der Waals surface area (Å²) < 4.78 is 6.19. The molecule has 0 saturated carbocycles. The maximum Gasteiger partial charge on any atom is 0.351 e. The summed E-state index contributed by atoms with van der Waals surface area (Å²) in [6, 6.07) is -2.87. The lowest BCUT2D eigenvalue weighted by atomic mass is 10.0. The number of aliphatic imine (C=N–C) groups is 1. The minimum Gasteiger partial charge on any atom is -0.481 e. The Hall–Kier alpha value is -5.19. The van der Waals surface area contributed by atoms with E-state index in [1.807, 2.05) is 0 Å². The van der Waals surface area contributed by atoms with Crippen LogP contribution in [0.2, 0.25) is 0 Å². The molecule has 22 heteroatoms. The lowest BCUT2D eigenvalue weighted by molar-refractivity contribution is -0.141. The van der Waals surface area contributed by atoms with Crippen LogP contribution >= 0.6 is 0 Å². The molecule has 5 amide bonds. The predicted molar refractivity (Wildman–Crippen MR) is 218 cm³/mol. The number of rotatable bonds is 28. The Kier molecular flexibility index (Phi) is 22.8. The molecule has 13 N–H and O–H groups in total. The number of nitrogens with one attached hydrogen (secondary N) is 5. The van der Waals surface area contributed by atoms with Crippen LogP contribution < -0.4 is 43.7 Å². The second-order valence-corrected chi connectivity index (χ2v) is 15.0. The van der Waals surface area contributed by atoms with Gasteiger partial charge in [-0.1, -0.05) is 72.1 Å². The third-order valence-electron chi connectivity index (χ3n) is 9.68. The van der Waals surface area contributed by atoms with Gasteiger partial charge < -0.3 is 63.2 Å². The number of carbonyl (C=O) groups excluding carboxylic acids is 5. The molecule has 338 valence electrons. The number of carboxylic acid groups (broad SMARTS) is 1.